The molecule has 0 bridgehead atoms. The standard InChI is InChI=1S/C22H20O4S/c1-27(25)20-13-11-18(12-14-20)17-7-9-19(10-8-17)21(23)22(24)26-15-16-5-3-2-4-6-16/h2-14,21,23H,15H2,1H3. The van der Waals surface area contributed by atoms with Crippen LogP contribution in [0.25, 0.3) is 11.1 Å². The molecule has 1 N–H and O–H groups in total. The van der Waals surface area contributed by atoms with E-state index in [-0.39, 0.29) is 6.61 Å². The molecular weight excluding hydrogens is 360 g/mol. The quantitative estimate of drug-likeness (QED) is 0.660. The highest BCUT2D eigenvalue weighted by Crippen LogP contribution is 2.24. The smallest absolute Gasteiger partial charge is 0.339 e. The molecule has 4 nitrogen and oxygen atoms in total. The van der Waals surface area contributed by atoms with Crippen LogP contribution in [0.5, 0.6) is 0 Å². The van der Waals surface area contributed by atoms with Crippen molar-refractivity contribution in [2.24, 2.45) is 0 Å². The van der Waals surface area contributed by atoms with E-state index < -0.39 is 22.9 Å². The lowest BCUT2D eigenvalue weighted by Gasteiger charge is -2.12. The summed E-state index contributed by atoms with van der Waals surface area (Å²) in [4.78, 5) is 12.8. The first-order chi connectivity index (χ1) is 13.0. The van der Waals surface area contributed by atoms with E-state index in [2.05, 4.69) is 0 Å². The summed E-state index contributed by atoms with van der Waals surface area (Å²) in [6, 6.07) is 23.9. The molecule has 2 unspecified atom stereocenters. The fourth-order valence-electron chi connectivity index (χ4n) is 2.64. The van der Waals surface area contributed by atoms with Gasteiger partial charge in [0.15, 0.2) is 6.10 Å². The number of esters is 1. The monoisotopic (exact) mass is 380 g/mol. The lowest BCUT2D eigenvalue weighted by atomic mass is 10.0. The van der Waals surface area contributed by atoms with Crippen LogP contribution in [0.1, 0.15) is 17.2 Å². The van der Waals surface area contributed by atoms with Crippen LogP contribution in [0.3, 0.4) is 0 Å². The van der Waals surface area contributed by atoms with E-state index in [1.54, 1.807) is 18.4 Å². The largest absolute Gasteiger partial charge is 0.459 e. The van der Waals surface area contributed by atoms with Crippen LogP contribution in [-0.4, -0.2) is 21.5 Å². The Hall–Kier alpha value is -2.76. The molecule has 0 radical (unpaired) electrons. The molecule has 0 fully saturated rings. The molecule has 0 aliphatic carbocycles. The van der Waals surface area contributed by atoms with Crippen molar-refractivity contribution < 1.29 is 18.8 Å². The first-order valence-electron chi connectivity index (χ1n) is 8.47. The highest BCUT2D eigenvalue weighted by atomic mass is 32.2. The van der Waals surface area contributed by atoms with Gasteiger partial charge >= 0.3 is 5.97 Å². The predicted molar refractivity (Wildman–Crippen MR) is 105 cm³/mol. The van der Waals surface area contributed by atoms with Crippen LogP contribution in [-0.2, 0) is 26.9 Å². The van der Waals surface area contributed by atoms with Crippen molar-refractivity contribution in [2.45, 2.75) is 17.6 Å². The van der Waals surface area contributed by atoms with Gasteiger partial charge in [-0.05, 0) is 34.4 Å². The second kappa shape index (κ2) is 8.75. The van der Waals surface area contributed by atoms with Gasteiger partial charge in [-0.2, -0.15) is 0 Å². The molecule has 27 heavy (non-hydrogen) atoms. The third-order valence-corrected chi connectivity index (χ3v) is 5.13. The highest BCUT2D eigenvalue weighted by Gasteiger charge is 2.19. The van der Waals surface area contributed by atoms with E-state index >= 15 is 0 Å². The molecule has 2 atom stereocenters. The molecule has 0 aliphatic rings. The van der Waals surface area contributed by atoms with Crippen LogP contribution in [0.4, 0.5) is 0 Å². The molecule has 0 spiro atoms. The maximum Gasteiger partial charge on any atom is 0.339 e. The Morgan fingerprint density at radius 1 is 0.926 bits per heavy atom. The first-order valence-corrected chi connectivity index (χ1v) is 10.0. The Kier molecular flexibility index (Phi) is 6.16. The molecule has 5 heteroatoms. The van der Waals surface area contributed by atoms with Crippen molar-refractivity contribution in [1.29, 1.82) is 0 Å². The normalized spacial score (nSPS) is 13.0. The number of carbonyl (C=O) groups excluding carboxylic acids is 1. The molecule has 0 heterocycles. The lowest BCUT2D eigenvalue weighted by molar-refractivity contribution is -0.155. The molecule has 3 aromatic carbocycles. The fraction of sp³-hybridized carbons (Fsp3) is 0.136. The van der Waals surface area contributed by atoms with E-state index in [9.17, 15) is 14.1 Å². The maximum absolute atomic E-state index is 12.1. The topological polar surface area (TPSA) is 63.6 Å². The Labute approximate surface area is 160 Å². The maximum atomic E-state index is 12.1. The second-order valence-electron chi connectivity index (χ2n) is 6.10. The zero-order valence-electron chi connectivity index (χ0n) is 14.9. The average molecular weight is 380 g/mol. The Balaban J connectivity index is 1.65. The molecule has 0 aromatic heterocycles. The van der Waals surface area contributed by atoms with Crippen molar-refractivity contribution in [3.63, 3.8) is 0 Å². The van der Waals surface area contributed by atoms with Gasteiger partial charge in [0.2, 0.25) is 0 Å². The highest BCUT2D eigenvalue weighted by molar-refractivity contribution is 7.84. The van der Waals surface area contributed by atoms with Gasteiger partial charge in [0.05, 0.1) is 0 Å². The van der Waals surface area contributed by atoms with Crippen LogP contribution >= 0.6 is 0 Å². The number of hydrogen-bond donors (Lipinski definition) is 1. The molecule has 0 amide bonds. The number of aliphatic hydroxyl groups is 1. The van der Waals surface area contributed by atoms with E-state index in [4.69, 9.17) is 4.74 Å². The average Bonchev–Trinajstić information content (AvgIpc) is 2.72. The van der Waals surface area contributed by atoms with E-state index in [1.165, 1.54) is 0 Å². The number of rotatable bonds is 6. The third kappa shape index (κ3) is 4.90. The minimum Gasteiger partial charge on any atom is -0.459 e. The summed E-state index contributed by atoms with van der Waals surface area (Å²) in [5.74, 6) is -0.679. The van der Waals surface area contributed by atoms with Crippen molar-refractivity contribution in [2.75, 3.05) is 6.26 Å². The predicted octanol–water partition coefficient (Wildman–Crippen LogP) is 3.87. The molecule has 0 saturated heterocycles. The van der Waals surface area contributed by atoms with Gasteiger partial charge in [-0.15, -0.1) is 0 Å². The van der Waals surface area contributed by atoms with Crippen LogP contribution in [0, 0.1) is 0 Å². The summed E-state index contributed by atoms with van der Waals surface area (Å²) >= 11 is 0. The summed E-state index contributed by atoms with van der Waals surface area (Å²) < 4.78 is 16.6. The second-order valence-corrected chi connectivity index (χ2v) is 7.48. The van der Waals surface area contributed by atoms with E-state index in [0.29, 0.717) is 5.56 Å². The van der Waals surface area contributed by atoms with Crippen molar-refractivity contribution in [1.82, 2.24) is 0 Å². The Morgan fingerprint density at radius 2 is 1.48 bits per heavy atom. The van der Waals surface area contributed by atoms with Gasteiger partial charge in [-0.3, -0.25) is 4.21 Å². The lowest BCUT2D eigenvalue weighted by Crippen LogP contribution is -2.15. The van der Waals surface area contributed by atoms with Gasteiger partial charge in [0.25, 0.3) is 0 Å². The van der Waals surface area contributed by atoms with E-state index in [0.717, 1.165) is 21.6 Å². The minimum absolute atomic E-state index is 0.125. The molecule has 3 rings (SSSR count). The third-order valence-electron chi connectivity index (χ3n) is 4.19. The molecule has 0 aliphatic heterocycles. The molecule has 0 saturated carbocycles. The SMILES string of the molecule is CS(=O)c1ccc(-c2ccc(C(O)C(=O)OCc3ccccc3)cc2)cc1. The number of ether oxygens (including phenoxy) is 1. The molecular formula is C22H20O4S. The van der Waals surface area contributed by atoms with Gasteiger partial charge in [-0.25, -0.2) is 4.79 Å². The molecule has 138 valence electrons. The van der Waals surface area contributed by atoms with Gasteiger partial charge in [0, 0.05) is 22.0 Å². The van der Waals surface area contributed by atoms with Gasteiger partial charge < -0.3 is 9.84 Å². The summed E-state index contributed by atoms with van der Waals surface area (Å²) in [7, 11) is -1.01. The van der Waals surface area contributed by atoms with Crippen molar-refractivity contribution >= 4 is 16.8 Å². The first kappa shape index (κ1) is 19.0. The van der Waals surface area contributed by atoms with Gasteiger partial charge in [0.1, 0.15) is 6.61 Å². The van der Waals surface area contributed by atoms with Gasteiger partial charge in [-0.1, -0.05) is 66.7 Å². The van der Waals surface area contributed by atoms with Crippen LogP contribution in [0.2, 0.25) is 0 Å². The van der Waals surface area contributed by atoms with Crippen molar-refractivity contribution in [3.05, 3.63) is 90.0 Å². The number of aliphatic hydroxyl groups excluding tert-OH is 1. The van der Waals surface area contributed by atoms with E-state index in [1.807, 2.05) is 66.7 Å². The summed E-state index contributed by atoms with van der Waals surface area (Å²) in [6.45, 7) is 0.125. The minimum atomic E-state index is -1.33. The number of carbonyl (C=O) groups is 1. The summed E-state index contributed by atoms with van der Waals surface area (Å²) in [5, 5.41) is 10.2. The zero-order valence-corrected chi connectivity index (χ0v) is 15.7. The van der Waals surface area contributed by atoms with Crippen LogP contribution in [0.15, 0.2) is 83.8 Å². The van der Waals surface area contributed by atoms with Crippen molar-refractivity contribution in [3.8, 4) is 11.1 Å². The van der Waals surface area contributed by atoms with Crippen LogP contribution < -0.4 is 0 Å². The Morgan fingerprint density at radius 3 is 2.04 bits per heavy atom. The summed E-state index contributed by atoms with van der Waals surface area (Å²) in [6.07, 6.45) is 0.315. The number of benzene rings is 3. The summed E-state index contributed by atoms with van der Waals surface area (Å²) in [5.41, 5.74) is 3.25. The molecule has 3 aromatic rings. The number of hydrogen-bond acceptors (Lipinski definition) is 4. The Bertz CT molecular complexity index is 919. The zero-order chi connectivity index (χ0) is 19.2. The fourth-order valence-corrected chi connectivity index (χ4v) is 3.16.